The average molecular weight is 497 g/mol. The fraction of sp³-hybridized carbons (Fsp3) is 0.609. The number of halogens is 1. The zero-order chi connectivity index (χ0) is 23.0. The average Bonchev–Trinajstić information content (AvgIpc) is 2.70. The lowest BCUT2D eigenvalue weighted by Crippen LogP contribution is -2.46. The zero-order valence-electron chi connectivity index (χ0n) is 18.7. The molecule has 1 aromatic carbocycles. The van der Waals surface area contributed by atoms with Crippen molar-refractivity contribution in [2.75, 3.05) is 13.7 Å². The second-order valence-corrected chi connectivity index (χ2v) is 9.93. The Kier molecular flexibility index (Phi) is 9.34. The number of amides is 2. The van der Waals surface area contributed by atoms with E-state index in [0.29, 0.717) is 18.9 Å². The normalized spacial score (nSPS) is 19.8. The van der Waals surface area contributed by atoms with Gasteiger partial charge in [0.2, 0.25) is 5.91 Å². The van der Waals surface area contributed by atoms with E-state index in [1.807, 2.05) is 45.0 Å². The number of nitrogens with one attached hydrogen (secondary N) is 2. The molecule has 0 radical (unpaired) electrons. The molecule has 1 aliphatic rings. The first-order valence-electron chi connectivity index (χ1n) is 10.7. The Morgan fingerprint density at radius 2 is 1.84 bits per heavy atom. The van der Waals surface area contributed by atoms with E-state index in [9.17, 15) is 14.4 Å². The van der Waals surface area contributed by atoms with E-state index in [2.05, 4.69) is 26.6 Å². The summed E-state index contributed by atoms with van der Waals surface area (Å²) < 4.78 is 11.1. The lowest BCUT2D eigenvalue weighted by Gasteiger charge is -2.29. The quantitative estimate of drug-likeness (QED) is 0.556. The molecule has 1 fully saturated rings. The van der Waals surface area contributed by atoms with Gasteiger partial charge < -0.3 is 20.1 Å². The van der Waals surface area contributed by atoms with Crippen LogP contribution < -0.4 is 10.6 Å². The molecule has 1 aliphatic carbocycles. The highest BCUT2D eigenvalue weighted by Crippen LogP contribution is 2.29. The SMILES string of the molecule is COC(=O)[C@H](Cc1cccc(Br)c1)NC(=O)C1CCC(CNC(=O)OC(C)(C)C)CC1. The number of methoxy groups -OCH3 is 1. The predicted octanol–water partition coefficient (Wildman–Crippen LogP) is 3.98. The Hall–Kier alpha value is -2.09. The fourth-order valence-electron chi connectivity index (χ4n) is 3.70. The molecule has 0 unspecified atom stereocenters. The molecule has 2 rings (SSSR count). The third-order valence-electron chi connectivity index (χ3n) is 5.28. The molecule has 0 saturated heterocycles. The van der Waals surface area contributed by atoms with Crippen molar-refractivity contribution in [3.8, 4) is 0 Å². The summed E-state index contributed by atoms with van der Waals surface area (Å²) in [5.41, 5.74) is 0.410. The summed E-state index contributed by atoms with van der Waals surface area (Å²) in [6, 6.07) is 6.91. The molecule has 0 heterocycles. The third-order valence-corrected chi connectivity index (χ3v) is 5.78. The van der Waals surface area contributed by atoms with Gasteiger partial charge in [0.25, 0.3) is 0 Å². The second-order valence-electron chi connectivity index (χ2n) is 9.02. The first kappa shape index (κ1) is 25.2. The molecule has 1 aromatic rings. The number of esters is 1. The van der Waals surface area contributed by atoms with Gasteiger partial charge >= 0.3 is 12.1 Å². The summed E-state index contributed by atoms with van der Waals surface area (Å²) in [4.78, 5) is 36.8. The van der Waals surface area contributed by atoms with Gasteiger partial charge in [0.1, 0.15) is 11.6 Å². The summed E-state index contributed by atoms with van der Waals surface area (Å²) in [7, 11) is 1.32. The number of carbonyl (C=O) groups is 3. The number of carbonyl (C=O) groups excluding carboxylic acids is 3. The molecule has 1 atom stereocenters. The molecule has 7 nitrogen and oxygen atoms in total. The Labute approximate surface area is 192 Å². The smallest absolute Gasteiger partial charge is 0.407 e. The number of benzene rings is 1. The van der Waals surface area contributed by atoms with Crippen LogP contribution in [0.15, 0.2) is 28.7 Å². The number of ether oxygens (including phenoxy) is 2. The Balaban J connectivity index is 1.83. The largest absolute Gasteiger partial charge is 0.467 e. The predicted molar refractivity (Wildman–Crippen MR) is 121 cm³/mol. The van der Waals surface area contributed by atoms with Crippen molar-refractivity contribution in [3.05, 3.63) is 34.3 Å². The molecular formula is C23H33BrN2O5. The van der Waals surface area contributed by atoms with Crippen molar-refractivity contribution in [3.63, 3.8) is 0 Å². The van der Waals surface area contributed by atoms with Gasteiger partial charge in [0.05, 0.1) is 7.11 Å². The van der Waals surface area contributed by atoms with Crippen LogP contribution >= 0.6 is 15.9 Å². The molecule has 0 aliphatic heterocycles. The van der Waals surface area contributed by atoms with Gasteiger partial charge in [-0.1, -0.05) is 28.1 Å². The summed E-state index contributed by atoms with van der Waals surface area (Å²) in [6.45, 7) is 6.02. The molecule has 2 amide bonds. The maximum atomic E-state index is 12.8. The highest BCUT2D eigenvalue weighted by atomic mass is 79.9. The van der Waals surface area contributed by atoms with Crippen molar-refractivity contribution < 1.29 is 23.9 Å². The van der Waals surface area contributed by atoms with Crippen LogP contribution in [0.2, 0.25) is 0 Å². The maximum Gasteiger partial charge on any atom is 0.407 e. The minimum atomic E-state index is -0.724. The molecular weight excluding hydrogens is 464 g/mol. The fourth-order valence-corrected chi connectivity index (χ4v) is 4.14. The van der Waals surface area contributed by atoms with Crippen LogP contribution in [0.25, 0.3) is 0 Å². The van der Waals surface area contributed by atoms with E-state index in [1.165, 1.54) is 7.11 Å². The Bertz CT molecular complexity index is 769. The van der Waals surface area contributed by atoms with Crippen LogP contribution in [0.3, 0.4) is 0 Å². The zero-order valence-corrected chi connectivity index (χ0v) is 20.3. The van der Waals surface area contributed by atoms with Crippen molar-refractivity contribution in [1.29, 1.82) is 0 Å². The van der Waals surface area contributed by atoms with Gasteiger partial charge in [0, 0.05) is 23.4 Å². The first-order chi connectivity index (χ1) is 14.6. The molecule has 2 N–H and O–H groups in total. The molecule has 0 aromatic heterocycles. The van der Waals surface area contributed by atoms with Crippen LogP contribution in [0.4, 0.5) is 4.79 Å². The van der Waals surface area contributed by atoms with Crippen molar-refractivity contribution >= 4 is 33.9 Å². The van der Waals surface area contributed by atoms with Gasteiger partial charge in [-0.25, -0.2) is 9.59 Å². The lowest BCUT2D eigenvalue weighted by molar-refractivity contribution is -0.145. The van der Waals surface area contributed by atoms with Gasteiger partial charge in [-0.2, -0.15) is 0 Å². The van der Waals surface area contributed by atoms with Crippen molar-refractivity contribution in [1.82, 2.24) is 10.6 Å². The van der Waals surface area contributed by atoms with Crippen molar-refractivity contribution in [2.24, 2.45) is 11.8 Å². The van der Waals surface area contributed by atoms with Gasteiger partial charge in [0.15, 0.2) is 0 Å². The van der Waals surface area contributed by atoms with Crippen LogP contribution in [0.1, 0.15) is 52.0 Å². The summed E-state index contributed by atoms with van der Waals surface area (Å²) in [5.74, 6) is -0.408. The lowest BCUT2D eigenvalue weighted by atomic mass is 9.81. The number of hydrogen-bond donors (Lipinski definition) is 2. The summed E-state index contributed by atoms with van der Waals surface area (Å²) >= 11 is 3.42. The second kappa shape index (κ2) is 11.5. The molecule has 1 saturated carbocycles. The van der Waals surface area contributed by atoms with Gasteiger partial charge in [-0.3, -0.25) is 4.79 Å². The minimum absolute atomic E-state index is 0.121. The van der Waals surface area contributed by atoms with Crippen molar-refractivity contribution in [2.45, 2.75) is 64.5 Å². The Morgan fingerprint density at radius 1 is 1.16 bits per heavy atom. The van der Waals surface area contributed by atoms with Gasteiger partial charge in [-0.15, -0.1) is 0 Å². The number of hydrogen-bond acceptors (Lipinski definition) is 5. The monoisotopic (exact) mass is 496 g/mol. The van der Waals surface area contributed by atoms with E-state index in [4.69, 9.17) is 9.47 Å². The Morgan fingerprint density at radius 3 is 2.42 bits per heavy atom. The van der Waals surface area contributed by atoms with Crippen LogP contribution in [-0.4, -0.2) is 43.3 Å². The summed E-state index contributed by atoms with van der Waals surface area (Å²) in [5, 5.41) is 5.69. The maximum absolute atomic E-state index is 12.8. The number of rotatable bonds is 7. The van der Waals surface area contributed by atoms with Crippen LogP contribution in [0.5, 0.6) is 0 Å². The van der Waals surface area contributed by atoms with E-state index < -0.39 is 23.7 Å². The molecule has 0 bridgehead atoms. The number of alkyl carbamates (subject to hydrolysis) is 1. The topological polar surface area (TPSA) is 93.7 Å². The third kappa shape index (κ3) is 8.89. The molecule has 172 valence electrons. The van der Waals surface area contributed by atoms with E-state index in [1.54, 1.807) is 0 Å². The van der Waals surface area contributed by atoms with E-state index >= 15 is 0 Å². The highest BCUT2D eigenvalue weighted by Gasteiger charge is 2.30. The minimum Gasteiger partial charge on any atom is -0.467 e. The highest BCUT2D eigenvalue weighted by molar-refractivity contribution is 9.10. The van der Waals surface area contributed by atoms with Gasteiger partial charge in [-0.05, 0) is 70.1 Å². The van der Waals surface area contributed by atoms with Crippen LogP contribution in [-0.2, 0) is 25.5 Å². The summed E-state index contributed by atoms with van der Waals surface area (Å²) in [6.07, 6.45) is 3.06. The van der Waals surface area contributed by atoms with E-state index in [0.717, 1.165) is 35.7 Å². The molecule has 0 spiro atoms. The first-order valence-corrected chi connectivity index (χ1v) is 11.5. The van der Waals surface area contributed by atoms with E-state index in [-0.39, 0.29) is 11.8 Å². The standard InChI is InChI=1S/C23H33BrN2O5/c1-23(2,3)31-22(29)25-14-15-8-10-17(11-9-15)20(27)26-19(21(28)30-4)13-16-6-5-7-18(24)12-16/h5-7,12,15,17,19H,8-11,13-14H2,1-4H3,(H,25,29)(H,26,27)/t15?,17?,19-/m0/s1. The molecule has 8 heteroatoms. The van der Waals surface area contributed by atoms with Crippen LogP contribution in [0, 0.1) is 11.8 Å². The molecule has 31 heavy (non-hydrogen) atoms.